The van der Waals surface area contributed by atoms with Crippen molar-refractivity contribution >= 4 is 28.9 Å². The smallest absolute Gasteiger partial charge is 0.146 e. The number of likely N-dealkylation sites (tertiary alicyclic amines) is 6. The number of nitrogens with zero attached hydrogens (tertiary/aromatic N) is 6. The second kappa shape index (κ2) is 59.6. The molecule has 752 valence electrons. The minimum absolute atomic E-state index is 0.0295. The first-order chi connectivity index (χ1) is 57.0. The number of hydrogen-bond donors (Lipinski definition) is 5. The molecule has 0 radical (unpaired) electrons. The Hall–Kier alpha value is -2.20. The summed E-state index contributed by atoms with van der Waals surface area (Å²) >= 11 is 0. The molecule has 8 fully saturated rings. The Morgan fingerprint density at radius 2 is 0.810 bits per heavy atom. The van der Waals surface area contributed by atoms with Crippen LogP contribution in [0.25, 0.3) is 0 Å². The third-order valence-corrected chi connectivity index (χ3v) is 27.4. The third-order valence-electron chi connectivity index (χ3n) is 27.4. The van der Waals surface area contributed by atoms with Gasteiger partial charge in [0, 0.05) is 50.8 Å². The summed E-state index contributed by atoms with van der Waals surface area (Å²) in [5.74, 6) is 5.71. The van der Waals surface area contributed by atoms with Gasteiger partial charge in [-0.05, 0) is 324 Å². The van der Waals surface area contributed by atoms with E-state index >= 15 is 0 Å². The Morgan fingerprint density at radius 1 is 0.437 bits per heavy atom. The van der Waals surface area contributed by atoms with E-state index in [1.54, 1.807) is 34.8 Å². The van der Waals surface area contributed by atoms with Crippen LogP contribution < -0.4 is 10.6 Å². The molecule has 0 aromatic rings. The Labute approximate surface area is 782 Å². The van der Waals surface area contributed by atoms with Gasteiger partial charge in [0.25, 0.3) is 0 Å². The van der Waals surface area contributed by atoms with E-state index in [0.29, 0.717) is 99.6 Å². The zero-order valence-electron chi connectivity index (χ0n) is 91.8. The fourth-order valence-electron chi connectivity index (χ4n) is 17.7. The van der Waals surface area contributed by atoms with E-state index in [1.807, 2.05) is 32.6 Å². The number of rotatable bonds is 17. The molecule has 0 spiro atoms. The van der Waals surface area contributed by atoms with Crippen LogP contribution in [0.15, 0.2) is 0 Å². The summed E-state index contributed by atoms with van der Waals surface area (Å²) in [7, 11) is 3.99. The standard InChI is InChI=1S/C13H25NO.C12H22FNO.C12H23NO2.C12H23NO.C10H21NO.3C10H21N.C8H16O2.C6H14O.C5H12/c1-10(11(2)15)14-8-6-12(7-9-14)13(3,4)5;1-9(15)7-14-6-5-10(11(13)8-14)12(2,3)4;1-9(15)6-13-7-10(12(2,3)4)5-11(13)8-14;1-10(14)9-13-7-5-11(6-8-13)12(2,3)4;1-10(2,3)8-5-9(7-12-4)11-6-8;1-10(2,3)9-5-7-11(4)8-6-9;1-10(2,3)6-9-11-7-4-5-8-11;1-5-9-6-8(7-11-9)10(2,3)4;1-6(10)7(5-9)8(2,3)4;1-6(2,3)4-5-7;1-5(2,3)4/h10,12H,6-9H2,1-5H3;10-11H,5-8H2,1-4H3;10-11,14H,5-8H2,1-4H3;11H,5-9H2,1-4H3;8-9,11H,5-7H2,1-4H3;9H,5-8H2,1-4H3;4-9H2,1-3H3;8-9,11H,5-7H2,1-4H3;7,9H,5H2,1-4H3;7H,4-5H2,1-3H3;1-4H3. The van der Waals surface area contributed by atoms with Crippen molar-refractivity contribution in [3.63, 3.8) is 0 Å². The van der Waals surface area contributed by atoms with E-state index in [4.69, 9.17) is 14.9 Å². The Bertz CT molecular complexity index is 2840. The molecule has 8 saturated heterocycles. The predicted octanol–water partition coefficient (Wildman–Crippen LogP) is 22.3. The molecule has 0 aromatic carbocycles. The molecule has 126 heavy (non-hydrogen) atoms. The largest absolute Gasteiger partial charge is 0.396 e. The molecule has 10 atom stereocenters. The number of aliphatic hydroxyl groups is 3. The van der Waals surface area contributed by atoms with Gasteiger partial charge >= 0.3 is 0 Å². The van der Waals surface area contributed by atoms with Gasteiger partial charge in [-0.25, -0.2) is 4.39 Å². The van der Waals surface area contributed by atoms with Crippen LogP contribution in [-0.2, 0) is 28.7 Å². The van der Waals surface area contributed by atoms with E-state index in [2.05, 4.69) is 264 Å². The topological polar surface area (TPSA) is 199 Å². The number of methoxy groups -OCH3 is 1. The summed E-state index contributed by atoms with van der Waals surface area (Å²) in [5.41, 5.74) is 3.82. The summed E-state index contributed by atoms with van der Waals surface area (Å²) in [6.45, 7) is 107. The molecule has 5 N–H and O–H groups in total. The summed E-state index contributed by atoms with van der Waals surface area (Å²) in [6, 6.07) is 1.67. The van der Waals surface area contributed by atoms with Crippen LogP contribution in [-0.4, -0.2) is 256 Å². The molecule has 8 aliphatic rings. The van der Waals surface area contributed by atoms with Gasteiger partial charge in [0.05, 0.1) is 45.5 Å². The summed E-state index contributed by atoms with van der Waals surface area (Å²) in [5, 5.41) is 33.5. The predicted molar refractivity (Wildman–Crippen MR) is 541 cm³/mol. The number of hydrogen-bond acceptors (Lipinski definition) is 17. The Balaban J connectivity index is -0.00000133. The summed E-state index contributed by atoms with van der Waals surface area (Å²) < 4.78 is 19.0. The number of alkyl halides is 1. The van der Waals surface area contributed by atoms with Crippen molar-refractivity contribution in [3.05, 3.63) is 0 Å². The first-order valence-electron chi connectivity index (χ1n) is 50.2. The van der Waals surface area contributed by atoms with E-state index in [0.717, 1.165) is 107 Å². The number of Topliss-reactive ketones (excluding diaryl/α,β-unsaturated/α-hetero) is 5. The minimum atomic E-state index is -0.793. The first kappa shape index (κ1) is 128. The molecule has 18 heteroatoms. The van der Waals surface area contributed by atoms with Crippen molar-refractivity contribution in [2.45, 2.75) is 411 Å². The fourth-order valence-corrected chi connectivity index (χ4v) is 17.7. The van der Waals surface area contributed by atoms with Gasteiger partial charge in [-0.3, -0.25) is 43.6 Å². The van der Waals surface area contributed by atoms with Gasteiger partial charge in [-0.15, -0.1) is 0 Å². The maximum Gasteiger partial charge on any atom is 0.146 e. The highest BCUT2D eigenvalue weighted by Crippen LogP contribution is 2.41. The van der Waals surface area contributed by atoms with Crippen molar-refractivity contribution in [3.8, 4) is 0 Å². The maximum absolute atomic E-state index is 13.9. The van der Waals surface area contributed by atoms with Crippen LogP contribution in [0.2, 0.25) is 0 Å². The van der Waals surface area contributed by atoms with Crippen molar-refractivity contribution in [2.75, 3.05) is 152 Å². The first-order valence-corrected chi connectivity index (χ1v) is 50.2. The lowest BCUT2D eigenvalue weighted by molar-refractivity contribution is -0.125. The normalized spacial score (nSPS) is 24.0. The van der Waals surface area contributed by atoms with Crippen LogP contribution in [0, 0.1) is 107 Å². The maximum atomic E-state index is 13.9. The molecule has 8 rings (SSSR count). The van der Waals surface area contributed by atoms with Gasteiger partial charge in [-0.1, -0.05) is 242 Å². The number of nitrogens with one attached hydrogen (secondary N) is 2. The summed E-state index contributed by atoms with van der Waals surface area (Å²) in [4.78, 5) is 68.8. The number of carbonyl (C=O) groups is 5. The van der Waals surface area contributed by atoms with Crippen LogP contribution in [0.4, 0.5) is 4.39 Å². The molecule has 0 aromatic heterocycles. The van der Waals surface area contributed by atoms with Gasteiger partial charge in [-0.2, -0.15) is 0 Å². The van der Waals surface area contributed by atoms with E-state index in [1.165, 1.54) is 123 Å². The monoisotopic (exact) mass is 1790 g/mol. The Morgan fingerprint density at radius 3 is 1.10 bits per heavy atom. The zero-order chi connectivity index (χ0) is 98.9. The van der Waals surface area contributed by atoms with Gasteiger partial charge < -0.3 is 40.5 Å². The van der Waals surface area contributed by atoms with E-state index in [9.17, 15) is 33.5 Å². The molecule has 8 heterocycles. The van der Waals surface area contributed by atoms with Crippen molar-refractivity contribution in [1.29, 1.82) is 0 Å². The molecule has 10 unspecified atom stereocenters. The number of carbonyl (C=O) groups excluding carboxylic acids is 5. The van der Waals surface area contributed by atoms with Gasteiger partial charge in [0.2, 0.25) is 0 Å². The van der Waals surface area contributed by atoms with Crippen molar-refractivity contribution < 1.29 is 48.4 Å². The summed E-state index contributed by atoms with van der Waals surface area (Å²) in [6.07, 6.45) is 17.8. The molecule has 0 amide bonds. The van der Waals surface area contributed by atoms with Gasteiger partial charge in [0.15, 0.2) is 0 Å². The molecular formula is C108H219FN8O9. The van der Waals surface area contributed by atoms with Crippen LogP contribution in [0.3, 0.4) is 0 Å². The quantitative estimate of drug-likeness (QED) is 0.0920. The SMILES string of the molecule is CC(=O)C(C)N1CCC(C(C)(C)C)CC1.CC(=O)C(CO)C(C)(C)C.CC(=O)CN1CC(C(C)(C)C)CC1CO.CC(=O)CN1CCC(C(C)(C)C)C(F)C1.CC(=O)CN1CCC(C(C)(C)C)CC1.CC(C)(C)C.CC(C)(C)CCN1CCCC1.CC(C)(C)CCO.CCC1CC(C(C)(C)C)CN1.CN1CCC(C(C)(C)C)CC1.COCC1CC(C(C)(C)C)CN1. The lowest BCUT2D eigenvalue weighted by Crippen LogP contribution is -2.47. The second-order valence-corrected chi connectivity index (χ2v) is 52.3. The highest BCUT2D eigenvalue weighted by Gasteiger charge is 2.41. The number of halogens is 1. The van der Waals surface area contributed by atoms with E-state index in [-0.39, 0.29) is 70.7 Å². The molecule has 8 aliphatic heterocycles. The average Bonchev–Trinajstić information content (AvgIpc) is 1.49. The lowest BCUT2D eigenvalue weighted by atomic mass is 9.74. The molecule has 0 aliphatic carbocycles. The van der Waals surface area contributed by atoms with Crippen LogP contribution >= 0.6 is 0 Å². The van der Waals surface area contributed by atoms with Crippen molar-refractivity contribution in [2.24, 2.45) is 107 Å². The Kier molecular flexibility index (Phi) is 60.5. The highest BCUT2D eigenvalue weighted by molar-refractivity contribution is 5.81. The molecule has 0 bridgehead atoms. The fraction of sp³-hybridized carbons (Fsp3) is 0.954. The zero-order valence-corrected chi connectivity index (χ0v) is 91.8. The number of piperidine rings is 4. The average molecular weight is 1790 g/mol. The van der Waals surface area contributed by atoms with E-state index < -0.39 is 6.17 Å². The number of ether oxygens (including phenoxy) is 1. The molecular weight excluding hydrogens is 1570 g/mol. The van der Waals surface area contributed by atoms with Gasteiger partial charge in [0.1, 0.15) is 35.1 Å². The number of aliphatic hydroxyl groups excluding tert-OH is 3. The number of ketones is 5. The second-order valence-electron chi connectivity index (χ2n) is 52.3. The highest BCUT2D eigenvalue weighted by atomic mass is 19.1. The van der Waals surface area contributed by atoms with Crippen LogP contribution in [0.5, 0.6) is 0 Å². The molecule has 0 saturated carbocycles. The van der Waals surface area contributed by atoms with Crippen LogP contribution in [0.1, 0.15) is 380 Å². The van der Waals surface area contributed by atoms with Crippen molar-refractivity contribution in [1.82, 2.24) is 40.0 Å². The lowest BCUT2D eigenvalue weighted by Gasteiger charge is -2.40. The minimum Gasteiger partial charge on any atom is -0.396 e. The third kappa shape index (κ3) is 62.4. The molecule has 17 nitrogen and oxygen atoms in total.